The number of nitrogens with one attached hydrogen (secondary N) is 2. The fourth-order valence-corrected chi connectivity index (χ4v) is 2.63. The van der Waals surface area contributed by atoms with Crippen LogP contribution in [0.2, 0.25) is 5.02 Å². The van der Waals surface area contributed by atoms with E-state index in [9.17, 15) is 24.5 Å². The molecule has 0 aliphatic carbocycles. The van der Waals surface area contributed by atoms with Crippen LogP contribution in [0.15, 0.2) is 18.2 Å². The van der Waals surface area contributed by atoms with Gasteiger partial charge in [-0.3, -0.25) is 35.3 Å². The van der Waals surface area contributed by atoms with Crippen molar-refractivity contribution in [2.24, 2.45) is 0 Å². The molecule has 9 nitrogen and oxygen atoms in total. The molecular formula is C15H17ClN4O5. The molecule has 0 aromatic heterocycles. The summed E-state index contributed by atoms with van der Waals surface area (Å²) in [6.07, 6.45) is 2.95. The fourth-order valence-electron chi connectivity index (χ4n) is 2.46. The van der Waals surface area contributed by atoms with Crippen molar-refractivity contribution in [2.75, 3.05) is 13.1 Å². The highest BCUT2D eigenvalue weighted by Gasteiger charge is 2.22. The second-order valence-electron chi connectivity index (χ2n) is 5.55. The second kappa shape index (κ2) is 8.43. The average Bonchev–Trinajstić information content (AvgIpc) is 2.77. The van der Waals surface area contributed by atoms with Crippen molar-refractivity contribution in [3.8, 4) is 0 Å². The lowest BCUT2D eigenvalue weighted by molar-refractivity contribution is -0.385. The van der Waals surface area contributed by atoms with Crippen LogP contribution < -0.4 is 10.9 Å². The first-order chi connectivity index (χ1) is 11.9. The third kappa shape index (κ3) is 5.15. The van der Waals surface area contributed by atoms with Crippen molar-refractivity contribution in [1.82, 2.24) is 15.8 Å². The lowest BCUT2D eigenvalue weighted by Crippen LogP contribution is -2.47. The van der Waals surface area contributed by atoms with Crippen molar-refractivity contribution in [1.29, 1.82) is 0 Å². The predicted molar refractivity (Wildman–Crippen MR) is 88.8 cm³/mol. The lowest BCUT2D eigenvalue weighted by atomic mass is 10.2. The van der Waals surface area contributed by atoms with Crippen LogP contribution in [0.4, 0.5) is 5.69 Å². The lowest BCUT2D eigenvalue weighted by Gasteiger charge is -2.19. The molecule has 0 spiro atoms. The van der Waals surface area contributed by atoms with E-state index in [-0.39, 0.29) is 23.0 Å². The van der Waals surface area contributed by atoms with Crippen LogP contribution in [0, 0.1) is 10.1 Å². The third-order valence-electron chi connectivity index (χ3n) is 3.72. The summed E-state index contributed by atoms with van der Waals surface area (Å²) in [4.78, 5) is 47.5. The number of hydrazine groups is 1. The molecule has 1 aliphatic rings. The van der Waals surface area contributed by atoms with Crippen molar-refractivity contribution >= 4 is 35.0 Å². The summed E-state index contributed by atoms with van der Waals surface area (Å²) in [5.74, 6) is -1.54. The highest BCUT2D eigenvalue weighted by Crippen LogP contribution is 2.22. The van der Waals surface area contributed by atoms with Gasteiger partial charge < -0.3 is 4.90 Å². The number of rotatable bonds is 4. The molecule has 1 saturated heterocycles. The third-order valence-corrected chi connectivity index (χ3v) is 3.96. The topological polar surface area (TPSA) is 122 Å². The van der Waals surface area contributed by atoms with Gasteiger partial charge in [-0.2, -0.15) is 0 Å². The van der Waals surface area contributed by atoms with E-state index in [1.54, 1.807) is 0 Å². The van der Waals surface area contributed by atoms with Crippen LogP contribution in [0.5, 0.6) is 0 Å². The Kier molecular flexibility index (Phi) is 6.29. The number of likely N-dealkylation sites (tertiary alicyclic amines) is 1. The molecular weight excluding hydrogens is 352 g/mol. The van der Waals surface area contributed by atoms with Gasteiger partial charge in [0.05, 0.1) is 4.92 Å². The Balaban J connectivity index is 1.94. The maximum Gasteiger partial charge on any atom is 0.283 e. The molecule has 3 amide bonds. The van der Waals surface area contributed by atoms with Crippen molar-refractivity contribution in [2.45, 2.75) is 25.7 Å². The summed E-state index contributed by atoms with van der Waals surface area (Å²) in [7, 11) is 0. The Morgan fingerprint density at radius 3 is 2.72 bits per heavy atom. The molecule has 1 aromatic carbocycles. The minimum atomic E-state index is -0.848. The maximum atomic E-state index is 12.0. The first kappa shape index (κ1) is 18.7. The van der Waals surface area contributed by atoms with Gasteiger partial charge in [0.1, 0.15) is 12.1 Å². The number of hydrogen-bond donors (Lipinski definition) is 2. The van der Waals surface area contributed by atoms with Crippen LogP contribution in [-0.2, 0) is 9.59 Å². The molecule has 1 aliphatic heterocycles. The SMILES string of the molecule is O=C(CN1CCCCCC1=O)NNC(=O)c1ccc(Cl)cc1[N+](=O)[O-]. The molecule has 25 heavy (non-hydrogen) atoms. The Morgan fingerprint density at radius 1 is 1.24 bits per heavy atom. The first-order valence-electron chi connectivity index (χ1n) is 7.69. The second-order valence-corrected chi connectivity index (χ2v) is 5.98. The number of nitrogens with zero attached hydrogens (tertiary/aromatic N) is 2. The summed E-state index contributed by atoms with van der Waals surface area (Å²) in [6.45, 7) is 0.310. The number of halogens is 1. The van der Waals surface area contributed by atoms with E-state index < -0.39 is 22.4 Å². The Hall–Kier alpha value is -2.68. The minimum Gasteiger partial charge on any atom is -0.333 e. The van der Waals surface area contributed by atoms with Crippen molar-refractivity contribution < 1.29 is 19.3 Å². The molecule has 10 heteroatoms. The zero-order valence-corrected chi connectivity index (χ0v) is 14.0. The van der Waals surface area contributed by atoms with Crippen molar-refractivity contribution in [3.05, 3.63) is 38.9 Å². The first-order valence-corrected chi connectivity index (χ1v) is 8.07. The number of nitro benzene ring substituents is 1. The molecule has 0 atom stereocenters. The van der Waals surface area contributed by atoms with E-state index in [0.29, 0.717) is 13.0 Å². The van der Waals surface area contributed by atoms with E-state index in [0.717, 1.165) is 25.3 Å². The zero-order chi connectivity index (χ0) is 18.4. The molecule has 2 rings (SSSR count). The van der Waals surface area contributed by atoms with Gasteiger partial charge in [-0.1, -0.05) is 18.0 Å². The van der Waals surface area contributed by atoms with E-state index in [1.165, 1.54) is 17.0 Å². The van der Waals surface area contributed by atoms with Crippen molar-refractivity contribution in [3.63, 3.8) is 0 Å². The van der Waals surface area contributed by atoms with Gasteiger partial charge in [-0.05, 0) is 25.0 Å². The van der Waals surface area contributed by atoms with E-state index in [2.05, 4.69) is 10.9 Å². The highest BCUT2D eigenvalue weighted by molar-refractivity contribution is 6.31. The summed E-state index contributed by atoms with van der Waals surface area (Å²) in [6, 6.07) is 3.58. The fraction of sp³-hybridized carbons (Fsp3) is 0.400. The predicted octanol–water partition coefficient (Wildman–Crippen LogP) is 1.41. The summed E-state index contributed by atoms with van der Waals surface area (Å²) in [5.41, 5.74) is 3.57. The summed E-state index contributed by atoms with van der Waals surface area (Å²) >= 11 is 5.69. The average molecular weight is 369 g/mol. The molecule has 0 saturated carbocycles. The molecule has 2 N–H and O–H groups in total. The smallest absolute Gasteiger partial charge is 0.283 e. The van der Waals surface area contributed by atoms with Gasteiger partial charge in [-0.15, -0.1) is 0 Å². The molecule has 0 unspecified atom stereocenters. The number of carbonyl (C=O) groups excluding carboxylic acids is 3. The number of nitro groups is 1. The number of carbonyl (C=O) groups is 3. The van der Waals surface area contributed by atoms with Crippen LogP contribution in [-0.4, -0.2) is 40.6 Å². The van der Waals surface area contributed by atoms with E-state index in [1.807, 2.05) is 0 Å². The summed E-state index contributed by atoms with van der Waals surface area (Å²) < 4.78 is 0. The molecule has 134 valence electrons. The maximum absolute atomic E-state index is 12.0. The molecule has 0 radical (unpaired) electrons. The number of benzene rings is 1. The van der Waals surface area contributed by atoms with Gasteiger partial charge in [0, 0.05) is 24.1 Å². The Labute approximate surface area is 148 Å². The highest BCUT2D eigenvalue weighted by atomic mass is 35.5. The van der Waals surface area contributed by atoms with Crippen LogP contribution in [0.3, 0.4) is 0 Å². The standard InChI is InChI=1S/C15H17ClN4O5/c16-10-5-6-11(12(8-10)20(24)25)15(23)18-17-13(21)9-19-7-3-1-2-4-14(19)22/h5-6,8H,1-4,7,9H2,(H,17,21)(H,18,23). The minimum absolute atomic E-state index is 0.104. The molecule has 1 aromatic rings. The molecule has 1 heterocycles. The van der Waals surface area contributed by atoms with Gasteiger partial charge in [0.25, 0.3) is 17.5 Å². The monoisotopic (exact) mass is 368 g/mol. The van der Waals surface area contributed by atoms with Gasteiger partial charge >= 0.3 is 0 Å². The quantitative estimate of drug-likeness (QED) is 0.614. The zero-order valence-electron chi connectivity index (χ0n) is 13.3. The van der Waals surface area contributed by atoms with Gasteiger partial charge in [0.2, 0.25) is 5.91 Å². The normalized spacial score (nSPS) is 14.6. The van der Waals surface area contributed by atoms with E-state index in [4.69, 9.17) is 11.6 Å². The number of hydrogen-bond acceptors (Lipinski definition) is 5. The molecule has 1 fully saturated rings. The summed E-state index contributed by atoms with van der Waals surface area (Å²) in [5, 5.41) is 11.1. The van der Waals surface area contributed by atoms with Gasteiger partial charge in [0.15, 0.2) is 0 Å². The number of amides is 3. The van der Waals surface area contributed by atoms with Crippen LogP contribution in [0.25, 0.3) is 0 Å². The van der Waals surface area contributed by atoms with Gasteiger partial charge in [-0.25, -0.2) is 0 Å². The van der Waals surface area contributed by atoms with Crippen LogP contribution >= 0.6 is 11.6 Å². The Bertz CT molecular complexity index is 709. The molecule has 0 bridgehead atoms. The largest absolute Gasteiger partial charge is 0.333 e. The van der Waals surface area contributed by atoms with Crippen LogP contribution in [0.1, 0.15) is 36.0 Å². The Morgan fingerprint density at radius 2 is 2.00 bits per heavy atom. The van der Waals surface area contributed by atoms with E-state index >= 15 is 0 Å².